The van der Waals surface area contributed by atoms with Crippen molar-refractivity contribution in [3.8, 4) is 17.1 Å². The number of aromatic nitrogens is 4. The van der Waals surface area contributed by atoms with Crippen molar-refractivity contribution in [3.63, 3.8) is 0 Å². The van der Waals surface area contributed by atoms with Gasteiger partial charge in [0.2, 0.25) is 5.95 Å². The Balaban J connectivity index is 1.17. The van der Waals surface area contributed by atoms with Gasteiger partial charge < -0.3 is 30.4 Å². The van der Waals surface area contributed by atoms with Crippen molar-refractivity contribution in [2.45, 2.75) is 12.8 Å². The van der Waals surface area contributed by atoms with E-state index in [4.69, 9.17) is 4.74 Å². The highest BCUT2D eigenvalue weighted by Gasteiger charge is 2.43. The third kappa shape index (κ3) is 5.11. The van der Waals surface area contributed by atoms with Gasteiger partial charge in [-0.1, -0.05) is 0 Å². The molecule has 1 aromatic carbocycles. The molecule has 4 heterocycles. The minimum atomic E-state index is -0.0882. The van der Waals surface area contributed by atoms with Gasteiger partial charge in [0.05, 0.1) is 24.6 Å². The van der Waals surface area contributed by atoms with Gasteiger partial charge >= 0.3 is 0 Å². The van der Waals surface area contributed by atoms with Crippen molar-refractivity contribution in [2.75, 3.05) is 44.7 Å². The third-order valence-corrected chi connectivity index (χ3v) is 7.00. The van der Waals surface area contributed by atoms with E-state index in [-0.39, 0.29) is 17.9 Å². The molecular formula is C27H29N7O3. The van der Waals surface area contributed by atoms with Crippen molar-refractivity contribution >= 4 is 28.4 Å². The molecule has 1 aliphatic carbocycles. The Morgan fingerprint density at radius 1 is 1.05 bits per heavy atom. The molecule has 2 fully saturated rings. The van der Waals surface area contributed by atoms with Gasteiger partial charge in [0.1, 0.15) is 11.4 Å². The zero-order valence-electron chi connectivity index (χ0n) is 20.4. The number of carbonyl (C=O) groups is 1. The fraction of sp³-hybridized carbons (Fsp3) is 0.333. The van der Waals surface area contributed by atoms with Gasteiger partial charge in [0.25, 0.3) is 5.91 Å². The second-order valence-corrected chi connectivity index (χ2v) is 9.74. The number of pyridine rings is 1. The Morgan fingerprint density at radius 3 is 2.70 bits per heavy atom. The summed E-state index contributed by atoms with van der Waals surface area (Å²) >= 11 is 0. The first-order valence-corrected chi connectivity index (χ1v) is 12.5. The number of nitrogens with one attached hydrogen (secondary N) is 3. The van der Waals surface area contributed by atoms with E-state index in [0.29, 0.717) is 48.5 Å². The summed E-state index contributed by atoms with van der Waals surface area (Å²) in [6.07, 6.45) is 5.36. The van der Waals surface area contributed by atoms with E-state index in [1.807, 2.05) is 41.3 Å². The molecule has 1 saturated heterocycles. The number of fused-ring (bicyclic) bond motifs is 1. The number of anilines is 2. The average Bonchev–Trinajstić information content (AvgIpc) is 3.62. The van der Waals surface area contributed by atoms with Gasteiger partial charge in [-0.2, -0.15) is 0 Å². The SMILES string of the molecule is O=C(c1cc2cc(Nc3nccc(-c4cc(OCC5(CO)CC5)ccn4)n3)ccc2[nH]1)N1CCNCC1. The van der Waals surface area contributed by atoms with Gasteiger partial charge in [-0.05, 0) is 49.2 Å². The van der Waals surface area contributed by atoms with Crippen LogP contribution in [0.15, 0.2) is 54.9 Å². The van der Waals surface area contributed by atoms with E-state index in [1.165, 1.54) is 0 Å². The lowest BCUT2D eigenvalue weighted by molar-refractivity contribution is 0.0731. The normalized spacial score (nSPS) is 16.5. The van der Waals surface area contributed by atoms with Crippen LogP contribution in [0.1, 0.15) is 23.3 Å². The topological polar surface area (TPSA) is 128 Å². The number of aromatic amines is 1. The second kappa shape index (κ2) is 9.79. The van der Waals surface area contributed by atoms with E-state index in [1.54, 1.807) is 18.5 Å². The molecule has 190 valence electrons. The summed E-state index contributed by atoms with van der Waals surface area (Å²) in [4.78, 5) is 31.4. The first kappa shape index (κ1) is 23.4. The van der Waals surface area contributed by atoms with Gasteiger partial charge in [0, 0.05) is 66.6 Å². The van der Waals surface area contributed by atoms with E-state index >= 15 is 0 Å². The van der Waals surface area contributed by atoms with Crippen molar-refractivity contribution in [2.24, 2.45) is 5.41 Å². The average molecular weight is 500 g/mol. The predicted molar refractivity (Wildman–Crippen MR) is 140 cm³/mol. The lowest BCUT2D eigenvalue weighted by Gasteiger charge is -2.26. The summed E-state index contributed by atoms with van der Waals surface area (Å²) in [5.74, 6) is 1.15. The number of piperazine rings is 1. The number of nitrogens with zero attached hydrogens (tertiary/aromatic N) is 4. The summed E-state index contributed by atoms with van der Waals surface area (Å²) in [7, 11) is 0. The first-order chi connectivity index (χ1) is 18.1. The van der Waals surface area contributed by atoms with E-state index in [0.717, 1.165) is 42.5 Å². The molecule has 0 spiro atoms. The number of benzene rings is 1. The Morgan fingerprint density at radius 2 is 1.89 bits per heavy atom. The van der Waals surface area contributed by atoms with Crippen LogP contribution in [-0.2, 0) is 0 Å². The summed E-state index contributed by atoms with van der Waals surface area (Å²) in [5, 5.41) is 17.0. The maximum Gasteiger partial charge on any atom is 0.270 e. The molecule has 0 unspecified atom stereocenters. The highest BCUT2D eigenvalue weighted by Crippen LogP contribution is 2.45. The molecule has 0 radical (unpaired) electrons. The summed E-state index contributed by atoms with van der Waals surface area (Å²) < 4.78 is 5.92. The fourth-order valence-corrected chi connectivity index (χ4v) is 4.46. The number of ether oxygens (including phenoxy) is 1. The molecule has 4 N–H and O–H groups in total. The molecule has 3 aromatic heterocycles. The standard InChI is InChI=1S/C27H29N7O3/c35-16-27(5-6-27)17-37-20-3-7-29-23(15-20)22-4-8-30-26(33-22)31-19-1-2-21-18(13-19)14-24(32-21)25(36)34-11-9-28-10-12-34/h1-4,7-8,13-15,28,32,35H,5-6,9-12,16-17H2,(H,30,31,33). The van der Waals surface area contributed by atoms with Crippen LogP contribution in [0, 0.1) is 5.41 Å². The maximum atomic E-state index is 12.9. The highest BCUT2D eigenvalue weighted by atomic mass is 16.5. The number of hydrogen-bond donors (Lipinski definition) is 4. The number of aliphatic hydroxyl groups is 1. The monoisotopic (exact) mass is 499 g/mol. The van der Waals surface area contributed by atoms with Crippen LogP contribution in [0.4, 0.5) is 11.6 Å². The quantitative estimate of drug-likeness (QED) is 0.291. The number of carbonyl (C=O) groups excluding carboxylic acids is 1. The molecule has 1 saturated carbocycles. The molecule has 37 heavy (non-hydrogen) atoms. The molecule has 4 aromatic rings. The summed E-state index contributed by atoms with van der Waals surface area (Å²) in [6.45, 7) is 3.69. The Labute approximate surface area is 214 Å². The zero-order valence-corrected chi connectivity index (χ0v) is 20.4. The fourth-order valence-electron chi connectivity index (χ4n) is 4.46. The van der Waals surface area contributed by atoms with E-state index < -0.39 is 0 Å². The van der Waals surface area contributed by atoms with Gasteiger partial charge in [-0.25, -0.2) is 9.97 Å². The number of rotatable bonds is 8. The Kier molecular flexibility index (Phi) is 6.19. The number of amides is 1. The van der Waals surface area contributed by atoms with Crippen molar-refractivity contribution in [1.29, 1.82) is 0 Å². The van der Waals surface area contributed by atoms with Crippen LogP contribution < -0.4 is 15.4 Å². The Hall–Kier alpha value is -4.02. The van der Waals surface area contributed by atoms with Crippen LogP contribution in [0.25, 0.3) is 22.3 Å². The lowest BCUT2D eigenvalue weighted by atomic mass is 10.1. The molecular weight excluding hydrogens is 470 g/mol. The van der Waals surface area contributed by atoms with Crippen molar-refractivity contribution in [3.05, 3.63) is 60.6 Å². The summed E-state index contributed by atoms with van der Waals surface area (Å²) in [6, 6.07) is 13.2. The van der Waals surface area contributed by atoms with Crippen molar-refractivity contribution < 1.29 is 14.6 Å². The molecule has 0 atom stereocenters. The molecule has 0 bridgehead atoms. The minimum absolute atomic E-state index is 0.0191. The molecule has 6 rings (SSSR count). The summed E-state index contributed by atoms with van der Waals surface area (Å²) in [5.41, 5.74) is 3.55. The van der Waals surface area contributed by atoms with Crippen LogP contribution in [0.2, 0.25) is 0 Å². The van der Waals surface area contributed by atoms with Crippen LogP contribution in [-0.4, -0.2) is 75.2 Å². The van der Waals surface area contributed by atoms with Gasteiger partial charge in [-0.3, -0.25) is 9.78 Å². The largest absolute Gasteiger partial charge is 0.493 e. The molecule has 10 nitrogen and oxygen atoms in total. The molecule has 1 aliphatic heterocycles. The number of hydrogen-bond acceptors (Lipinski definition) is 8. The molecule has 10 heteroatoms. The van der Waals surface area contributed by atoms with Crippen molar-refractivity contribution in [1.82, 2.24) is 30.2 Å². The van der Waals surface area contributed by atoms with Crippen LogP contribution in [0.5, 0.6) is 5.75 Å². The maximum absolute atomic E-state index is 12.9. The van der Waals surface area contributed by atoms with E-state index in [9.17, 15) is 9.90 Å². The highest BCUT2D eigenvalue weighted by molar-refractivity contribution is 5.98. The molecule has 2 aliphatic rings. The minimum Gasteiger partial charge on any atom is -0.493 e. The van der Waals surface area contributed by atoms with Gasteiger partial charge in [-0.15, -0.1) is 0 Å². The first-order valence-electron chi connectivity index (χ1n) is 12.5. The third-order valence-electron chi connectivity index (χ3n) is 7.00. The molecule has 1 amide bonds. The predicted octanol–water partition coefficient (Wildman–Crippen LogP) is 2.96. The second-order valence-electron chi connectivity index (χ2n) is 9.74. The smallest absolute Gasteiger partial charge is 0.270 e. The van der Waals surface area contributed by atoms with Crippen LogP contribution in [0.3, 0.4) is 0 Å². The zero-order chi connectivity index (χ0) is 25.2. The number of aliphatic hydroxyl groups excluding tert-OH is 1. The van der Waals surface area contributed by atoms with Crippen LogP contribution >= 0.6 is 0 Å². The van der Waals surface area contributed by atoms with E-state index in [2.05, 4.69) is 30.6 Å². The lowest BCUT2D eigenvalue weighted by Crippen LogP contribution is -2.46. The number of H-pyrrole nitrogens is 1. The Bertz CT molecular complexity index is 1430. The van der Waals surface area contributed by atoms with Gasteiger partial charge in [0.15, 0.2) is 0 Å².